The minimum Gasteiger partial charge on any atom is -0.490 e. The number of aromatic amines is 1. The molecule has 4 rings (SSSR count). The Balaban J connectivity index is 1.59. The Hall–Kier alpha value is -3.07. The van der Waals surface area contributed by atoms with Gasteiger partial charge in [-0.15, -0.1) is 0 Å². The first kappa shape index (κ1) is 23.1. The molecular weight excluding hydrogens is 481 g/mol. The second-order valence-corrected chi connectivity index (χ2v) is 8.19. The summed E-state index contributed by atoms with van der Waals surface area (Å²) in [5.41, 5.74) is 5.91. The molecule has 0 spiro atoms. The Morgan fingerprint density at radius 3 is 2.64 bits per heavy atom. The molecule has 0 radical (unpaired) electrons. The number of benzene rings is 2. The summed E-state index contributed by atoms with van der Waals surface area (Å²) >= 11 is 17.7. The molecule has 0 aliphatic rings. The van der Waals surface area contributed by atoms with E-state index in [1.807, 2.05) is 43.3 Å². The maximum Gasteiger partial charge on any atom is 0.214 e. The highest BCUT2D eigenvalue weighted by atomic mass is 35.5. The van der Waals surface area contributed by atoms with Crippen molar-refractivity contribution in [1.29, 1.82) is 0 Å². The zero-order valence-electron chi connectivity index (χ0n) is 17.7. The SMILES string of the molecule is CCOc1cccc(CNn2c(-c3ccncc3)n[nH]c2=S)c1OCc1ccc(Cl)cc1Cl. The van der Waals surface area contributed by atoms with Crippen LogP contribution >= 0.6 is 35.4 Å². The summed E-state index contributed by atoms with van der Waals surface area (Å²) in [7, 11) is 0. The molecule has 0 aliphatic heterocycles. The van der Waals surface area contributed by atoms with Gasteiger partial charge in [0.1, 0.15) is 6.61 Å². The van der Waals surface area contributed by atoms with Gasteiger partial charge in [0.2, 0.25) is 4.77 Å². The van der Waals surface area contributed by atoms with Crippen LogP contribution in [0.25, 0.3) is 11.4 Å². The molecule has 33 heavy (non-hydrogen) atoms. The van der Waals surface area contributed by atoms with Gasteiger partial charge in [0, 0.05) is 39.1 Å². The maximum absolute atomic E-state index is 6.32. The van der Waals surface area contributed by atoms with Gasteiger partial charge in [-0.25, -0.2) is 9.77 Å². The average molecular weight is 502 g/mol. The number of hydrogen-bond donors (Lipinski definition) is 2. The Labute approximate surface area is 206 Å². The van der Waals surface area contributed by atoms with Crippen LogP contribution in [0, 0.1) is 4.77 Å². The van der Waals surface area contributed by atoms with Gasteiger partial charge in [-0.2, -0.15) is 5.10 Å². The Kier molecular flexibility index (Phi) is 7.49. The first-order valence-electron chi connectivity index (χ1n) is 10.2. The summed E-state index contributed by atoms with van der Waals surface area (Å²) in [6, 6.07) is 14.8. The first-order chi connectivity index (χ1) is 16.1. The Bertz CT molecular complexity index is 1290. The highest BCUT2D eigenvalue weighted by molar-refractivity contribution is 7.71. The van der Waals surface area contributed by atoms with E-state index in [4.69, 9.17) is 44.9 Å². The second-order valence-electron chi connectivity index (χ2n) is 6.96. The molecule has 0 saturated heterocycles. The van der Waals surface area contributed by atoms with Crippen molar-refractivity contribution in [1.82, 2.24) is 19.9 Å². The molecular formula is C23H21Cl2N5O2S. The van der Waals surface area contributed by atoms with E-state index in [1.54, 1.807) is 29.2 Å². The summed E-state index contributed by atoms with van der Waals surface area (Å²) < 4.78 is 14.2. The fourth-order valence-electron chi connectivity index (χ4n) is 3.22. The quantitative estimate of drug-likeness (QED) is 0.272. The van der Waals surface area contributed by atoms with Gasteiger partial charge in [-0.3, -0.25) is 4.98 Å². The molecule has 10 heteroatoms. The molecule has 2 aromatic heterocycles. The van der Waals surface area contributed by atoms with E-state index >= 15 is 0 Å². The van der Waals surface area contributed by atoms with Crippen LogP contribution in [-0.2, 0) is 13.2 Å². The molecule has 0 fully saturated rings. The number of ether oxygens (including phenoxy) is 2. The monoisotopic (exact) mass is 501 g/mol. The van der Waals surface area contributed by atoms with E-state index in [0.29, 0.717) is 45.3 Å². The smallest absolute Gasteiger partial charge is 0.214 e. The van der Waals surface area contributed by atoms with E-state index < -0.39 is 0 Å². The molecule has 4 aromatic rings. The van der Waals surface area contributed by atoms with Crippen molar-refractivity contribution in [3.05, 3.63) is 86.9 Å². The highest BCUT2D eigenvalue weighted by Crippen LogP contribution is 2.33. The van der Waals surface area contributed by atoms with Crippen LogP contribution in [0.5, 0.6) is 11.5 Å². The lowest BCUT2D eigenvalue weighted by atomic mass is 10.1. The number of rotatable bonds is 9. The maximum atomic E-state index is 6.32. The lowest BCUT2D eigenvalue weighted by molar-refractivity contribution is 0.267. The topological polar surface area (TPSA) is 77.0 Å². The lowest BCUT2D eigenvalue weighted by Gasteiger charge is -2.18. The van der Waals surface area contributed by atoms with Gasteiger partial charge in [-0.05, 0) is 49.5 Å². The summed E-state index contributed by atoms with van der Waals surface area (Å²) in [5.74, 6) is 1.92. The standard InChI is InChI=1S/C23H21Cl2N5O2S/c1-2-31-20-5-3-4-16(21(20)32-14-17-6-7-18(24)12-19(17)25)13-27-30-22(28-29-23(30)33)15-8-10-26-11-9-15/h3-12,27H,2,13-14H2,1H3,(H,29,33). The van der Waals surface area contributed by atoms with Crippen LogP contribution in [-0.4, -0.2) is 26.5 Å². The number of hydrogen-bond acceptors (Lipinski definition) is 6. The average Bonchev–Trinajstić information content (AvgIpc) is 3.19. The van der Waals surface area contributed by atoms with E-state index in [1.165, 1.54) is 0 Å². The number of nitrogens with one attached hydrogen (secondary N) is 2. The molecule has 0 amide bonds. The minimum absolute atomic E-state index is 0.264. The molecule has 0 aliphatic carbocycles. The largest absolute Gasteiger partial charge is 0.490 e. The van der Waals surface area contributed by atoms with Crippen molar-refractivity contribution >= 4 is 35.4 Å². The summed E-state index contributed by atoms with van der Waals surface area (Å²) in [6.07, 6.45) is 3.41. The van der Waals surface area contributed by atoms with Crippen LogP contribution in [0.3, 0.4) is 0 Å². The predicted molar refractivity (Wildman–Crippen MR) is 132 cm³/mol. The molecule has 0 unspecified atom stereocenters. The number of halogens is 2. The number of H-pyrrole nitrogens is 1. The fraction of sp³-hybridized carbons (Fsp3) is 0.174. The molecule has 2 N–H and O–H groups in total. The van der Waals surface area contributed by atoms with Gasteiger partial charge in [0.05, 0.1) is 13.2 Å². The zero-order chi connectivity index (χ0) is 23.2. The normalized spacial score (nSPS) is 10.8. The van der Waals surface area contributed by atoms with Crippen LogP contribution < -0.4 is 14.9 Å². The third-order valence-corrected chi connectivity index (χ3v) is 5.65. The number of aromatic nitrogens is 4. The minimum atomic E-state index is 0.264. The van der Waals surface area contributed by atoms with Gasteiger partial charge in [0.25, 0.3) is 0 Å². The van der Waals surface area contributed by atoms with Gasteiger partial charge in [0.15, 0.2) is 17.3 Å². The lowest BCUT2D eigenvalue weighted by Crippen LogP contribution is -2.17. The fourth-order valence-corrected chi connectivity index (χ4v) is 3.88. The third kappa shape index (κ3) is 5.47. The summed E-state index contributed by atoms with van der Waals surface area (Å²) in [4.78, 5) is 4.06. The van der Waals surface area contributed by atoms with Crippen LogP contribution in [0.1, 0.15) is 18.1 Å². The first-order valence-corrected chi connectivity index (χ1v) is 11.4. The molecule has 0 saturated carbocycles. The van der Waals surface area contributed by atoms with Crippen molar-refractivity contribution in [3.63, 3.8) is 0 Å². The van der Waals surface area contributed by atoms with Crippen molar-refractivity contribution in [2.75, 3.05) is 12.0 Å². The molecule has 2 heterocycles. The molecule has 7 nitrogen and oxygen atoms in total. The van der Waals surface area contributed by atoms with E-state index in [0.717, 1.165) is 16.7 Å². The molecule has 170 valence electrons. The Morgan fingerprint density at radius 1 is 1.06 bits per heavy atom. The van der Waals surface area contributed by atoms with Crippen molar-refractivity contribution in [3.8, 4) is 22.9 Å². The van der Waals surface area contributed by atoms with Crippen molar-refractivity contribution in [2.45, 2.75) is 20.1 Å². The van der Waals surface area contributed by atoms with Gasteiger partial charge in [-0.1, -0.05) is 41.4 Å². The van der Waals surface area contributed by atoms with E-state index in [-0.39, 0.29) is 6.61 Å². The predicted octanol–water partition coefficient (Wildman–Crippen LogP) is 6.03. The van der Waals surface area contributed by atoms with E-state index in [2.05, 4.69) is 20.6 Å². The van der Waals surface area contributed by atoms with Gasteiger partial charge < -0.3 is 14.9 Å². The third-order valence-electron chi connectivity index (χ3n) is 4.79. The molecule has 0 atom stereocenters. The zero-order valence-corrected chi connectivity index (χ0v) is 20.0. The van der Waals surface area contributed by atoms with Crippen LogP contribution in [0.4, 0.5) is 0 Å². The summed E-state index contributed by atoms with van der Waals surface area (Å²) in [6.45, 7) is 3.11. The number of nitrogens with zero attached hydrogens (tertiary/aromatic N) is 3. The number of pyridine rings is 1. The molecule has 2 aromatic carbocycles. The second kappa shape index (κ2) is 10.7. The van der Waals surface area contributed by atoms with Gasteiger partial charge >= 0.3 is 0 Å². The molecule has 0 bridgehead atoms. The van der Waals surface area contributed by atoms with Crippen LogP contribution in [0.15, 0.2) is 60.9 Å². The summed E-state index contributed by atoms with van der Waals surface area (Å²) in [5, 5.41) is 8.28. The number of para-hydroxylation sites is 1. The Morgan fingerprint density at radius 2 is 1.88 bits per heavy atom. The van der Waals surface area contributed by atoms with Crippen molar-refractivity contribution < 1.29 is 9.47 Å². The van der Waals surface area contributed by atoms with E-state index in [9.17, 15) is 0 Å². The van der Waals surface area contributed by atoms with Crippen LogP contribution in [0.2, 0.25) is 10.0 Å². The highest BCUT2D eigenvalue weighted by Gasteiger charge is 2.14. The van der Waals surface area contributed by atoms with Crippen molar-refractivity contribution in [2.24, 2.45) is 0 Å².